The van der Waals surface area contributed by atoms with Crippen molar-refractivity contribution >= 4 is 0 Å². The molecule has 0 aromatic carbocycles. The topological polar surface area (TPSA) is 9.23 Å². The summed E-state index contributed by atoms with van der Waals surface area (Å²) < 4.78 is 5.35. The smallest absolute Gasteiger partial charge is 0.0716 e. The van der Waals surface area contributed by atoms with Crippen molar-refractivity contribution in [3.8, 4) is 0 Å². The van der Waals surface area contributed by atoms with E-state index >= 15 is 0 Å². The highest BCUT2D eigenvalue weighted by Crippen LogP contribution is 1.98. The van der Waals surface area contributed by atoms with Crippen molar-refractivity contribution in [1.82, 2.24) is 0 Å². The maximum absolute atomic E-state index is 5.35. The lowest BCUT2D eigenvalue weighted by atomic mass is 10.3. The molecule has 0 heterocycles. The van der Waals surface area contributed by atoms with Crippen LogP contribution in [0.3, 0.4) is 0 Å². The molecule has 10 heavy (non-hydrogen) atoms. The maximum atomic E-state index is 5.35. The summed E-state index contributed by atoms with van der Waals surface area (Å²) >= 11 is 0. The molecule has 0 aliphatic rings. The predicted molar refractivity (Wildman–Crippen MR) is 45.0 cm³/mol. The molecule has 0 radical (unpaired) electrons. The molecular formula is C9H16O. The molecule has 1 nitrogen and oxygen atoms in total. The molecule has 0 aromatic rings. The van der Waals surface area contributed by atoms with E-state index in [-0.39, 0.29) is 0 Å². The summed E-state index contributed by atoms with van der Waals surface area (Å²) in [5.74, 6) is 0. The molecule has 0 aliphatic carbocycles. The number of ether oxygens (including phenoxy) is 1. The van der Waals surface area contributed by atoms with Gasteiger partial charge in [0.1, 0.15) is 0 Å². The van der Waals surface area contributed by atoms with E-state index in [2.05, 4.69) is 6.58 Å². The van der Waals surface area contributed by atoms with Gasteiger partial charge in [-0.15, -0.1) is 0 Å². The van der Waals surface area contributed by atoms with Crippen LogP contribution in [0.1, 0.15) is 20.8 Å². The van der Waals surface area contributed by atoms with Gasteiger partial charge in [0.15, 0.2) is 0 Å². The van der Waals surface area contributed by atoms with Crippen LogP contribution in [0.4, 0.5) is 0 Å². The Bertz CT molecular complexity index is 123. The van der Waals surface area contributed by atoms with Gasteiger partial charge in [0.05, 0.1) is 12.7 Å². The Morgan fingerprint density at radius 1 is 1.60 bits per heavy atom. The third-order valence-electron chi connectivity index (χ3n) is 1.22. The zero-order valence-corrected chi connectivity index (χ0v) is 7.05. The first-order valence-corrected chi connectivity index (χ1v) is 3.60. The van der Waals surface area contributed by atoms with Crippen LogP contribution in [0.5, 0.6) is 0 Å². The molecule has 58 valence electrons. The Labute approximate surface area is 63.4 Å². The minimum Gasteiger partial charge on any atom is -0.374 e. The lowest BCUT2D eigenvalue weighted by molar-refractivity contribution is 0.0988. The molecule has 0 spiro atoms. The molecular weight excluding hydrogens is 124 g/mol. The number of rotatable bonds is 4. The average Bonchev–Trinajstić information content (AvgIpc) is 1.90. The average molecular weight is 140 g/mol. The van der Waals surface area contributed by atoms with Crippen molar-refractivity contribution in [2.75, 3.05) is 6.61 Å². The summed E-state index contributed by atoms with van der Waals surface area (Å²) in [6, 6.07) is 0. The van der Waals surface area contributed by atoms with E-state index in [0.29, 0.717) is 12.7 Å². The molecule has 0 rings (SSSR count). The normalized spacial score (nSPS) is 12.2. The second kappa shape index (κ2) is 5.24. The standard InChI is InChI=1S/C9H16O/c1-5-9(6-2)7-10-8(3)4/h5-6,8H,1,7H2,2-4H3/b9-6+. The minimum absolute atomic E-state index is 0.301. The van der Waals surface area contributed by atoms with Gasteiger partial charge in [-0.05, 0) is 26.3 Å². The zero-order valence-electron chi connectivity index (χ0n) is 7.05. The Hall–Kier alpha value is -0.560. The summed E-state index contributed by atoms with van der Waals surface area (Å²) in [6.45, 7) is 10.4. The predicted octanol–water partition coefficient (Wildman–Crippen LogP) is 2.54. The van der Waals surface area contributed by atoms with Crippen LogP contribution < -0.4 is 0 Å². The molecule has 0 bridgehead atoms. The van der Waals surface area contributed by atoms with Crippen molar-refractivity contribution < 1.29 is 4.74 Å². The Morgan fingerprint density at radius 2 is 2.20 bits per heavy atom. The van der Waals surface area contributed by atoms with Crippen molar-refractivity contribution in [3.63, 3.8) is 0 Å². The van der Waals surface area contributed by atoms with Gasteiger partial charge in [-0.2, -0.15) is 0 Å². The molecule has 0 N–H and O–H groups in total. The van der Waals surface area contributed by atoms with Gasteiger partial charge < -0.3 is 4.74 Å². The molecule has 0 saturated heterocycles. The van der Waals surface area contributed by atoms with Crippen LogP contribution in [0.25, 0.3) is 0 Å². The van der Waals surface area contributed by atoms with Crippen LogP contribution in [0.2, 0.25) is 0 Å². The lowest BCUT2D eigenvalue weighted by Gasteiger charge is -2.06. The molecule has 1 heteroatoms. The Kier molecular flexibility index (Phi) is 4.95. The molecule has 0 atom stereocenters. The third-order valence-corrected chi connectivity index (χ3v) is 1.22. The van der Waals surface area contributed by atoms with Crippen molar-refractivity contribution in [2.45, 2.75) is 26.9 Å². The largest absolute Gasteiger partial charge is 0.374 e. The molecule has 0 aromatic heterocycles. The summed E-state index contributed by atoms with van der Waals surface area (Å²) in [6.07, 6.45) is 4.13. The maximum Gasteiger partial charge on any atom is 0.0716 e. The van der Waals surface area contributed by atoms with E-state index < -0.39 is 0 Å². The first-order chi connectivity index (χ1) is 4.70. The van der Waals surface area contributed by atoms with Gasteiger partial charge in [-0.3, -0.25) is 0 Å². The van der Waals surface area contributed by atoms with Crippen LogP contribution in [-0.2, 0) is 4.74 Å². The van der Waals surface area contributed by atoms with E-state index in [0.717, 1.165) is 5.57 Å². The highest BCUT2D eigenvalue weighted by atomic mass is 16.5. The van der Waals surface area contributed by atoms with E-state index in [1.54, 1.807) is 0 Å². The van der Waals surface area contributed by atoms with E-state index in [1.807, 2.05) is 32.9 Å². The molecule has 0 saturated carbocycles. The number of hydrogen-bond donors (Lipinski definition) is 0. The highest BCUT2D eigenvalue weighted by Gasteiger charge is 1.93. The van der Waals surface area contributed by atoms with Gasteiger partial charge in [0.25, 0.3) is 0 Å². The third kappa shape index (κ3) is 4.33. The van der Waals surface area contributed by atoms with Crippen molar-refractivity contribution in [1.29, 1.82) is 0 Å². The number of allylic oxidation sites excluding steroid dienone is 1. The summed E-state index contributed by atoms with van der Waals surface area (Å²) in [7, 11) is 0. The SMILES string of the molecule is C=C/C(=C\C)COC(C)C. The van der Waals surface area contributed by atoms with Crippen LogP contribution in [0.15, 0.2) is 24.3 Å². The van der Waals surface area contributed by atoms with Gasteiger partial charge in [0, 0.05) is 0 Å². The Balaban J connectivity index is 3.56. The molecule has 0 fully saturated rings. The van der Waals surface area contributed by atoms with Crippen molar-refractivity contribution in [2.24, 2.45) is 0 Å². The van der Waals surface area contributed by atoms with E-state index in [4.69, 9.17) is 4.74 Å². The molecule has 0 aliphatic heterocycles. The quantitative estimate of drug-likeness (QED) is 0.545. The van der Waals surface area contributed by atoms with Crippen molar-refractivity contribution in [3.05, 3.63) is 24.3 Å². The summed E-state index contributed by atoms with van der Waals surface area (Å²) in [4.78, 5) is 0. The van der Waals surface area contributed by atoms with E-state index in [9.17, 15) is 0 Å². The monoisotopic (exact) mass is 140 g/mol. The Morgan fingerprint density at radius 3 is 2.50 bits per heavy atom. The fourth-order valence-corrected chi connectivity index (χ4v) is 0.523. The number of hydrogen-bond acceptors (Lipinski definition) is 1. The fourth-order valence-electron chi connectivity index (χ4n) is 0.523. The van der Waals surface area contributed by atoms with Gasteiger partial charge in [0.2, 0.25) is 0 Å². The van der Waals surface area contributed by atoms with E-state index in [1.165, 1.54) is 0 Å². The van der Waals surface area contributed by atoms with Crippen LogP contribution >= 0.6 is 0 Å². The second-order valence-corrected chi connectivity index (χ2v) is 2.43. The first kappa shape index (κ1) is 9.44. The summed E-state index contributed by atoms with van der Waals surface area (Å²) in [5.41, 5.74) is 1.15. The lowest BCUT2D eigenvalue weighted by Crippen LogP contribution is -2.04. The molecule has 0 amide bonds. The second-order valence-electron chi connectivity index (χ2n) is 2.43. The summed E-state index contributed by atoms with van der Waals surface area (Å²) in [5, 5.41) is 0. The van der Waals surface area contributed by atoms with Crippen LogP contribution in [-0.4, -0.2) is 12.7 Å². The zero-order chi connectivity index (χ0) is 7.98. The van der Waals surface area contributed by atoms with Gasteiger partial charge in [-0.1, -0.05) is 18.7 Å². The first-order valence-electron chi connectivity index (χ1n) is 3.60. The van der Waals surface area contributed by atoms with Gasteiger partial charge >= 0.3 is 0 Å². The van der Waals surface area contributed by atoms with Crippen LogP contribution in [0, 0.1) is 0 Å². The molecule has 0 unspecified atom stereocenters. The fraction of sp³-hybridized carbons (Fsp3) is 0.556. The van der Waals surface area contributed by atoms with Gasteiger partial charge in [-0.25, -0.2) is 0 Å². The minimum atomic E-state index is 0.301. The highest BCUT2D eigenvalue weighted by molar-refractivity contribution is 5.15.